The Hall–Kier alpha value is -3.40. The summed E-state index contributed by atoms with van der Waals surface area (Å²) in [6.07, 6.45) is 4.11. The largest absolute Gasteiger partial charge is 0.444 e. The van der Waals surface area contributed by atoms with Gasteiger partial charge in [-0.25, -0.2) is 24.5 Å². The predicted octanol–water partition coefficient (Wildman–Crippen LogP) is 4.36. The van der Waals surface area contributed by atoms with Crippen LogP contribution in [0.25, 0.3) is 11.2 Å². The number of aromatic nitrogens is 4. The Kier molecular flexibility index (Phi) is 8.62. The van der Waals surface area contributed by atoms with E-state index in [0.29, 0.717) is 35.7 Å². The van der Waals surface area contributed by atoms with Crippen molar-refractivity contribution in [2.24, 2.45) is 5.73 Å². The molecule has 15 heteroatoms. The molecule has 4 N–H and O–H groups in total. The third-order valence-electron chi connectivity index (χ3n) is 7.31. The van der Waals surface area contributed by atoms with Crippen molar-refractivity contribution in [1.29, 1.82) is 0 Å². The SMILES string of the molecule is CCc1c(I)c(Cl)cc(N2CCC(OC(N)=O)(C(=O)NC3CC3)C2)c1Cn1cnc2c(NC(=O)OC(C)(C)C)ncnc21. The van der Waals surface area contributed by atoms with Gasteiger partial charge < -0.3 is 30.0 Å². The van der Waals surface area contributed by atoms with Crippen LogP contribution >= 0.6 is 34.2 Å². The minimum atomic E-state index is -1.41. The summed E-state index contributed by atoms with van der Waals surface area (Å²) in [4.78, 5) is 52.8. The quantitative estimate of drug-likeness (QED) is 0.286. The van der Waals surface area contributed by atoms with Crippen molar-refractivity contribution in [1.82, 2.24) is 24.8 Å². The average molecular weight is 725 g/mol. The Morgan fingerprint density at radius 1 is 1.21 bits per heavy atom. The van der Waals surface area contributed by atoms with Crippen LogP contribution in [0.3, 0.4) is 0 Å². The second kappa shape index (κ2) is 11.9. The second-order valence-corrected chi connectivity index (χ2v) is 13.2. The number of ether oxygens (including phenoxy) is 2. The highest BCUT2D eigenvalue weighted by atomic mass is 127. The number of carbonyl (C=O) groups is 3. The molecule has 43 heavy (non-hydrogen) atoms. The summed E-state index contributed by atoms with van der Waals surface area (Å²) in [5.74, 6) is -0.110. The van der Waals surface area contributed by atoms with Gasteiger partial charge in [-0.2, -0.15) is 0 Å². The minimum absolute atomic E-state index is 0.0936. The fraction of sp³-hybridized carbons (Fsp3) is 0.500. The Bertz CT molecular complexity index is 1590. The van der Waals surface area contributed by atoms with E-state index in [2.05, 4.69) is 48.2 Å². The van der Waals surface area contributed by atoms with Crippen LogP contribution in [0.15, 0.2) is 18.7 Å². The molecule has 1 saturated carbocycles. The van der Waals surface area contributed by atoms with Crippen molar-refractivity contribution in [2.75, 3.05) is 23.3 Å². The molecule has 2 aromatic heterocycles. The number of imidazole rings is 1. The van der Waals surface area contributed by atoms with Crippen molar-refractivity contribution in [3.8, 4) is 0 Å². The van der Waals surface area contributed by atoms with E-state index < -0.39 is 23.4 Å². The highest BCUT2D eigenvalue weighted by molar-refractivity contribution is 14.1. The number of benzene rings is 1. The average Bonchev–Trinajstić information content (AvgIpc) is 3.47. The first kappa shape index (κ1) is 31.0. The number of fused-ring (bicyclic) bond motifs is 1. The molecule has 0 radical (unpaired) electrons. The number of carbonyl (C=O) groups excluding carboxylic acids is 3. The maximum atomic E-state index is 13.3. The van der Waals surface area contributed by atoms with Crippen LogP contribution in [0.2, 0.25) is 5.02 Å². The van der Waals surface area contributed by atoms with Gasteiger partial charge in [0, 0.05) is 28.3 Å². The Morgan fingerprint density at radius 2 is 1.95 bits per heavy atom. The molecular weight excluding hydrogens is 691 g/mol. The highest BCUT2D eigenvalue weighted by Gasteiger charge is 2.50. The van der Waals surface area contributed by atoms with Crippen molar-refractivity contribution in [2.45, 2.75) is 77.2 Å². The zero-order valence-electron chi connectivity index (χ0n) is 24.4. The Morgan fingerprint density at radius 3 is 2.60 bits per heavy atom. The molecule has 1 aliphatic heterocycles. The molecule has 0 spiro atoms. The van der Waals surface area contributed by atoms with E-state index >= 15 is 0 Å². The zero-order valence-corrected chi connectivity index (χ0v) is 27.3. The zero-order chi connectivity index (χ0) is 31.1. The molecule has 1 atom stereocenters. The van der Waals surface area contributed by atoms with Crippen molar-refractivity contribution in [3.63, 3.8) is 0 Å². The summed E-state index contributed by atoms with van der Waals surface area (Å²) < 4.78 is 13.7. The maximum absolute atomic E-state index is 13.3. The molecule has 3 heterocycles. The van der Waals surface area contributed by atoms with Crippen LogP contribution in [0.5, 0.6) is 0 Å². The lowest BCUT2D eigenvalue weighted by molar-refractivity contribution is -0.137. The summed E-state index contributed by atoms with van der Waals surface area (Å²) in [6.45, 7) is 8.30. The van der Waals surface area contributed by atoms with Crippen LogP contribution in [-0.2, 0) is 27.2 Å². The van der Waals surface area contributed by atoms with Crippen molar-refractivity contribution in [3.05, 3.63) is 38.4 Å². The van der Waals surface area contributed by atoms with Crippen molar-refractivity contribution < 1.29 is 23.9 Å². The molecular formula is C28H34ClIN8O5. The molecule has 0 bridgehead atoms. The highest BCUT2D eigenvalue weighted by Crippen LogP contribution is 2.39. The monoisotopic (exact) mass is 724 g/mol. The first-order chi connectivity index (χ1) is 20.3. The summed E-state index contributed by atoms with van der Waals surface area (Å²) in [7, 11) is 0. The summed E-state index contributed by atoms with van der Waals surface area (Å²) in [5.41, 5.74) is 7.04. The van der Waals surface area contributed by atoms with Gasteiger partial charge in [-0.1, -0.05) is 18.5 Å². The van der Waals surface area contributed by atoms with E-state index in [1.807, 2.05) is 22.5 Å². The lowest BCUT2D eigenvalue weighted by Crippen LogP contribution is -2.53. The molecule has 1 aromatic carbocycles. The summed E-state index contributed by atoms with van der Waals surface area (Å²) in [6, 6.07) is 1.97. The van der Waals surface area contributed by atoms with E-state index in [-0.39, 0.29) is 30.7 Å². The molecule has 1 aliphatic carbocycles. The smallest absolute Gasteiger partial charge is 0.413 e. The standard InChI is InChI=1S/C28H34ClIN8O5/c1-5-16-17(11-38-14-34-21-22(32-13-33-23(21)38)36-26(41)43-27(2,3)4)19(10-18(29)20(16)30)37-9-8-28(12-37,42-25(31)40)24(39)35-15-6-7-15/h10,13-15H,5-9,11-12H2,1-4H3,(H2,31,40)(H,35,39)(H,32,33,36,41). The van der Waals surface area contributed by atoms with Gasteiger partial charge in [0.05, 0.1) is 24.4 Å². The number of nitrogens with zero attached hydrogens (tertiary/aromatic N) is 5. The van der Waals surface area contributed by atoms with E-state index in [9.17, 15) is 14.4 Å². The van der Waals surface area contributed by atoms with Crippen LogP contribution in [0, 0.1) is 3.57 Å². The van der Waals surface area contributed by atoms with Gasteiger partial charge in [-0.3, -0.25) is 10.1 Å². The lowest BCUT2D eigenvalue weighted by Gasteiger charge is -2.29. The van der Waals surface area contributed by atoms with Gasteiger partial charge in [0.2, 0.25) is 5.60 Å². The predicted molar refractivity (Wildman–Crippen MR) is 169 cm³/mol. The first-order valence-corrected chi connectivity index (χ1v) is 15.5. The molecule has 1 unspecified atom stereocenters. The van der Waals surface area contributed by atoms with E-state index in [1.165, 1.54) is 6.33 Å². The van der Waals surface area contributed by atoms with Gasteiger partial charge in [-0.05, 0) is 79.8 Å². The van der Waals surface area contributed by atoms with Gasteiger partial charge in [0.25, 0.3) is 5.91 Å². The van der Waals surface area contributed by atoms with E-state index in [1.54, 1.807) is 27.1 Å². The number of primary amides is 1. The Balaban J connectivity index is 1.50. The Labute approximate surface area is 267 Å². The van der Waals surface area contributed by atoms with Gasteiger partial charge in [-0.15, -0.1) is 0 Å². The lowest BCUT2D eigenvalue weighted by atomic mass is 10.0. The molecule has 2 aliphatic rings. The number of rotatable bonds is 8. The number of halogens is 2. The third-order valence-corrected chi connectivity index (χ3v) is 9.16. The number of anilines is 2. The fourth-order valence-electron chi connectivity index (χ4n) is 5.23. The van der Waals surface area contributed by atoms with Crippen LogP contribution in [0.1, 0.15) is 58.1 Å². The molecule has 3 aromatic rings. The normalized spacial score (nSPS) is 18.5. The van der Waals surface area contributed by atoms with E-state index in [0.717, 1.165) is 33.2 Å². The van der Waals surface area contributed by atoms with Crippen LogP contribution in [-0.4, -0.2) is 67.9 Å². The number of nitrogens with two attached hydrogens (primary N) is 1. The van der Waals surface area contributed by atoms with E-state index in [4.69, 9.17) is 26.8 Å². The summed E-state index contributed by atoms with van der Waals surface area (Å²) in [5, 5.41) is 6.21. The van der Waals surface area contributed by atoms with Crippen LogP contribution in [0.4, 0.5) is 21.1 Å². The summed E-state index contributed by atoms with van der Waals surface area (Å²) >= 11 is 8.96. The molecule has 3 amide bonds. The van der Waals surface area contributed by atoms with Gasteiger partial charge >= 0.3 is 12.2 Å². The number of amides is 3. The molecule has 1 saturated heterocycles. The fourth-order valence-corrected chi connectivity index (χ4v) is 6.31. The van der Waals surface area contributed by atoms with Gasteiger partial charge in [0.15, 0.2) is 17.0 Å². The molecule has 5 rings (SSSR count). The second-order valence-electron chi connectivity index (χ2n) is 11.7. The number of hydrogen-bond donors (Lipinski definition) is 3. The minimum Gasteiger partial charge on any atom is -0.444 e. The number of nitrogens with one attached hydrogen (secondary N) is 2. The molecule has 13 nitrogen and oxygen atoms in total. The van der Waals surface area contributed by atoms with Gasteiger partial charge in [0.1, 0.15) is 11.9 Å². The molecule has 230 valence electrons. The third kappa shape index (κ3) is 6.74. The topological polar surface area (TPSA) is 167 Å². The maximum Gasteiger partial charge on any atom is 0.413 e. The van der Waals surface area contributed by atoms with Crippen molar-refractivity contribution >= 4 is 75.0 Å². The first-order valence-electron chi connectivity index (χ1n) is 14.0. The number of hydrogen-bond acceptors (Lipinski definition) is 9. The molecule has 2 fully saturated rings. The van der Waals surface area contributed by atoms with Crippen LogP contribution < -0.4 is 21.3 Å².